The lowest BCUT2D eigenvalue weighted by Gasteiger charge is -2.23. The molecule has 0 aromatic heterocycles. The summed E-state index contributed by atoms with van der Waals surface area (Å²) in [6, 6.07) is 0.313. The van der Waals surface area contributed by atoms with Gasteiger partial charge in [0.05, 0.1) is 0 Å². The van der Waals surface area contributed by atoms with Crippen molar-refractivity contribution in [3.05, 3.63) is 0 Å². The van der Waals surface area contributed by atoms with E-state index >= 15 is 0 Å². The molecule has 2 saturated heterocycles. The summed E-state index contributed by atoms with van der Waals surface area (Å²) in [7, 11) is 0. The van der Waals surface area contributed by atoms with E-state index in [4.69, 9.17) is 4.74 Å². The molecular weight excluding hydrogens is 180 g/mol. The zero-order valence-corrected chi connectivity index (χ0v) is 8.42. The summed E-state index contributed by atoms with van der Waals surface area (Å²) in [5, 5.41) is 6.25. The summed E-state index contributed by atoms with van der Waals surface area (Å²) in [6.45, 7) is 2.65. The van der Waals surface area contributed by atoms with Gasteiger partial charge in [-0.2, -0.15) is 0 Å². The monoisotopic (exact) mass is 198 g/mol. The topological polar surface area (TPSA) is 50.4 Å². The van der Waals surface area contributed by atoms with Gasteiger partial charge in [-0.3, -0.25) is 4.79 Å². The average molecular weight is 198 g/mol. The second kappa shape index (κ2) is 4.75. The number of amides is 1. The minimum Gasteiger partial charge on any atom is -0.368 e. The van der Waals surface area contributed by atoms with Crippen LogP contribution in [0, 0.1) is 0 Å². The van der Waals surface area contributed by atoms with Gasteiger partial charge in [-0.15, -0.1) is 0 Å². The van der Waals surface area contributed by atoms with E-state index in [0.717, 1.165) is 45.4 Å². The third kappa shape index (κ3) is 2.45. The van der Waals surface area contributed by atoms with Crippen LogP contribution >= 0.6 is 0 Å². The van der Waals surface area contributed by atoms with Gasteiger partial charge in [-0.25, -0.2) is 0 Å². The molecule has 0 aliphatic carbocycles. The number of ether oxygens (including phenoxy) is 1. The predicted octanol–water partition coefficient (Wildman–Crippen LogP) is 0.0336. The Morgan fingerprint density at radius 1 is 1.36 bits per heavy atom. The molecule has 0 aromatic carbocycles. The first-order valence-electron chi connectivity index (χ1n) is 5.49. The van der Waals surface area contributed by atoms with Gasteiger partial charge in [0.1, 0.15) is 6.10 Å². The lowest BCUT2D eigenvalue weighted by molar-refractivity contribution is -0.136. The Balaban J connectivity index is 1.75. The fourth-order valence-corrected chi connectivity index (χ4v) is 2.02. The highest BCUT2D eigenvalue weighted by atomic mass is 16.5. The summed E-state index contributed by atoms with van der Waals surface area (Å²) in [5.41, 5.74) is 0. The van der Waals surface area contributed by atoms with Crippen molar-refractivity contribution in [1.29, 1.82) is 0 Å². The SMILES string of the molecule is O=C(N[C@H]1CCNC1)C1CCCCO1. The lowest BCUT2D eigenvalue weighted by Crippen LogP contribution is -2.44. The van der Waals surface area contributed by atoms with Gasteiger partial charge in [-0.1, -0.05) is 0 Å². The number of hydrogen-bond acceptors (Lipinski definition) is 3. The lowest BCUT2D eigenvalue weighted by atomic mass is 10.1. The Kier molecular flexibility index (Phi) is 3.37. The molecule has 0 spiro atoms. The van der Waals surface area contributed by atoms with Crippen LogP contribution in [0.3, 0.4) is 0 Å². The van der Waals surface area contributed by atoms with Crippen LogP contribution in [0.4, 0.5) is 0 Å². The zero-order chi connectivity index (χ0) is 9.80. The van der Waals surface area contributed by atoms with Gasteiger partial charge >= 0.3 is 0 Å². The van der Waals surface area contributed by atoms with E-state index in [1.54, 1.807) is 0 Å². The Labute approximate surface area is 84.4 Å². The molecule has 2 aliphatic rings. The molecule has 2 N–H and O–H groups in total. The zero-order valence-electron chi connectivity index (χ0n) is 8.42. The smallest absolute Gasteiger partial charge is 0.249 e. The fraction of sp³-hybridized carbons (Fsp3) is 0.900. The van der Waals surface area contributed by atoms with E-state index in [9.17, 15) is 4.79 Å². The van der Waals surface area contributed by atoms with Gasteiger partial charge in [0, 0.05) is 19.2 Å². The van der Waals surface area contributed by atoms with Gasteiger partial charge in [0.15, 0.2) is 0 Å². The molecule has 4 heteroatoms. The molecule has 2 rings (SSSR count). The van der Waals surface area contributed by atoms with Crippen molar-refractivity contribution in [1.82, 2.24) is 10.6 Å². The fourth-order valence-electron chi connectivity index (χ4n) is 2.02. The Hall–Kier alpha value is -0.610. The summed E-state index contributed by atoms with van der Waals surface area (Å²) in [6.07, 6.45) is 3.93. The molecule has 14 heavy (non-hydrogen) atoms. The van der Waals surface area contributed by atoms with Gasteiger partial charge in [-0.05, 0) is 32.2 Å². The van der Waals surface area contributed by atoms with Crippen LogP contribution in [0.15, 0.2) is 0 Å². The van der Waals surface area contributed by atoms with Crippen molar-refractivity contribution in [2.24, 2.45) is 0 Å². The molecule has 2 fully saturated rings. The van der Waals surface area contributed by atoms with Crippen LogP contribution in [0.2, 0.25) is 0 Å². The molecule has 1 amide bonds. The molecule has 0 aromatic rings. The molecule has 4 nitrogen and oxygen atoms in total. The molecule has 0 bridgehead atoms. The largest absolute Gasteiger partial charge is 0.368 e. The van der Waals surface area contributed by atoms with Crippen LogP contribution in [0.1, 0.15) is 25.7 Å². The quantitative estimate of drug-likeness (QED) is 0.658. The highest BCUT2D eigenvalue weighted by Gasteiger charge is 2.25. The summed E-state index contributed by atoms with van der Waals surface area (Å²) < 4.78 is 5.42. The predicted molar refractivity (Wildman–Crippen MR) is 53.0 cm³/mol. The summed E-state index contributed by atoms with van der Waals surface area (Å²) in [5.74, 6) is 0.0819. The number of nitrogens with one attached hydrogen (secondary N) is 2. The number of carbonyl (C=O) groups excluding carboxylic acids is 1. The van der Waals surface area contributed by atoms with Crippen LogP contribution in [0.5, 0.6) is 0 Å². The minimum absolute atomic E-state index is 0.0819. The first kappa shape index (κ1) is 9.93. The standard InChI is InChI=1S/C10H18N2O2/c13-10(9-3-1-2-6-14-9)12-8-4-5-11-7-8/h8-9,11H,1-7H2,(H,12,13)/t8-,9?/m0/s1. The van der Waals surface area contributed by atoms with E-state index in [2.05, 4.69) is 10.6 Å². The number of hydrogen-bond donors (Lipinski definition) is 2. The first-order chi connectivity index (χ1) is 6.86. The molecule has 80 valence electrons. The van der Waals surface area contributed by atoms with Crippen molar-refractivity contribution in [2.45, 2.75) is 37.8 Å². The van der Waals surface area contributed by atoms with E-state index in [0.29, 0.717) is 6.04 Å². The van der Waals surface area contributed by atoms with E-state index in [-0.39, 0.29) is 12.0 Å². The summed E-state index contributed by atoms with van der Waals surface area (Å²) >= 11 is 0. The van der Waals surface area contributed by atoms with Crippen LogP contribution in [-0.4, -0.2) is 37.7 Å². The Morgan fingerprint density at radius 2 is 2.29 bits per heavy atom. The molecule has 0 radical (unpaired) electrons. The Morgan fingerprint density at radius 3 is 2.93 bits per heavy atom. The molecule has 1 unspecified atom stereocenters. The van der Waals surface area contributed by atoms with E-state index in [1.807, 2.05) is 0 Å². The van der Waals surface area contributed by atoms with Crippen molar-refractivity contribution in [3.8, 4) is 0 Å². The molecular formula is C10H18N2O2. The first-order valence-corrected chi connectivity index (χ1v) is 5.49. The number of rotatable bonds is 2. The second-order valence-electron chi connectivity index (χ2n) is 4.05. The Bertz CT molecular complexity index is 196. The van der Waals surface area contributed by atoms with E-state index < -0.39 is 0 Å². The molecule has 2 aliphatic heterocycles. The van der Waals surface area contributed by atoms with Crippen LogP contribution in [-0.2, 0) is 9.53 Å². The highest BCUT2D eigenvalue weighted by molar-refractivity contribution is 5.81. The maximum Gasteiger partial charge on any atom is 0.249 e. The van der Waals surface area contributed by atoms with Crippen molar-refractivity contribution < 1.29 is 9.53 Å². The van der Waals surface area contributed by atoms with Gasteiger partial charge in [0.25, 0.3) is 0 Å². The van der Waals surface area contributed by atoms with E-state index in [1.165, 1.54) is 0 Å². The average Bonchev–Trinajstić information content (AvgIpc) is 2.72. The number of carbonyl (C=O) groups is 1. The van der Waals surface area contributed by atoms with Crippen molar-refractivity contribution >= 4 is 5.91 Å². The highest BCUT2D eigenvalue weighted by Crippen LogP contribution is 2.13. The van der Waals surface area contributed by atoms with Gasteiger partial charge in [0.2, 0.25) is 5.91 Å². The minimum atomic E-state index is -0.190. The third-order valence-corrected chi connectivity index (χ3v) is 2.88. The van der Waals surface area contributed by atoms with Crippen LogP contribution in [0.25, 0.3) is 0 Å². The van der Waals surface area contributed by atoms with Crippen molar-refractivity contribution in [3.63, 3.8) is 0 Å². The maximum absolute atomic E-state index is 11.7. The van der Waals surface area contributed by atoms with Gasteiger partial charge < -0.3 is 15.4 Å². The third-order valence-electron chi connectivity index (χ3n) is 2.88. The molecule has 2 heterocycles. The maximum atomic E-state index is 11.7. The second-order valence-corrected chi connectivity index (χ2v) is 4.05. The summed E-state index contributed by atoms with van der Waals surface area (Å²) in [4.78, 5) is 11.7. The van der Waals surface area contributed by atoms with Crippen molar-refractivity contribution in [2.75, 3.05) is 19.7 Å². The molecule has 0 saturated carbocycles. The molecule has 2 atom stereocenters. The van der Waals surface area contributed by atoms with Crippen LogP contribution < -0.4 is 10.6 Å². The normalized spacial score (nSPS) is 32.9.